The first-order chi connectivity index (χ1) is 5.29. The smallest absolute Gasteiger partial charge is 0.0748 e. The largest absolute Gasteiger partial charge is 0.397 e. The molecule has 0 amide bonds. The Balaban J connectivity index is 3.13. The maximum Gasteiger partial charge on any atom is 0.0748 e. The van der Waals surface area contributed by atoms with E-state index >= 15 is 0 Å². The molecule has 1 rings (SSSR count). The molecule has 0 saturated carbocycles. The molecular formula is C8H13N3. The van der Waals surface area contributed by atoms with Crippen LogP contribution in [-0.2, 0) is 6.42 Å². The number of nitrogen functional groups attached to an aromatic ring is 2. The second-order valence-electron chi connectivity index (χ2n) is 2.38. The number of para-hydroxylation sites is 1. The number of nitrogens with two attached hydrogens (primary N) is 2. The molecule has 0 aromatic heterocycles. The minimum absolute atomic E-state index is 0.701. The molecule has 0 aliphatic carbocycles. The number of hydrogen-bond donors (Lipinski definition) is 3. The van der Waals surface area contributed by atoms with Crippen LogP contribution in [0.3, 0.4) is 0 Å². The molecule has 5 N–H and O–H groups in total. The second kappa shape index (κ2) is 3.25. The van der Waals surface area contributed by atoms with E-state index in [0.717, 1.165) is 17.7 Å². The van der Waals surface area contributed by atoms with Crippen LogP contribution < -0.4 is 17.0 Å². The van der Waals surface area contributed by atoms with Crippen molar-refractivity contribution >= 4 is 11.4 Å². The molecule has 11 heavy (non-hydrogen) atoms. The predicted molar refractivity (Wildman–Crippen MR) is 48.0 cm³/mol. The number of nitrogens with one attached hydrogen (secondary N) is 1. The SMILES string of the molecule is CCc1cccc(N)c1NN. The van der Waals surface area contributed by atoms with E-state index in [1.165, 1.54) is 0 Å². The third-order valence-corrected chi connectivity index (χ3v) is 1.71. The Kier molecular flexibility index (Phi) is 2.33. The van der Waals surface area contributed by atoms with Gasteiger partial charge in [0.25, 0.3) is 0 Å². The standard InChI is InChI=1S/C8H13N3/c1-2-6-4-3-5-7(9)8(6)11-10/h3-5,11H,2,9-10H2,1H3. The molecule has 1 aromatic rings. The molecule has 60 valence electrons. The first-order valence-corrected chi connectivity index (χ1v) is 3.63. The molecule has 1 aromatic carbocycles. The number of anilines is 2. The lowest BCUT2D eigenvalue weighted by atomic mass is 10.1. The summed E-state index contributed by atoms with van der Waals surface area (Å²) >= 11 is 0. The summed E-state index contributed by atoms with van der Waals surface area (Å²) in [6.45, 7) is 2.07. The van der Waals surface area contributed by atoms with Gasteiger partial charge < -0.3 is 11.2 Å². The Morgan fingerprint density at radius 3 is 2.64 bits per heavy atom. The van der Waals surface area contributed by atoms with Crippen molar-refractivity contribution in [2.45, 2.75) is 13.3 Å². The zero-order valence-electron chi connectivity index (χ0n) is 6.59. The highest BCUT2D eigenvalue weighted by Gasteiger charge is 2.00. The predicted octanol–water partition coefficient (Wildman–Crippen LogP) is 1.12. The fraction of sp³-hybridized carbons (Fsp3) is 0.250. The van der Waals surface area contributed by atoms with Gasteiger partial charge in [-0.25, -0.2) is 0 Å². The fourth-order valence-electron chi connectivity index (χ4n) is 1.09. The lowest BCUT2D eigenvalue weighted by molar-refractivity contribution is 1.13. The van der Waals surface area contributed by atoms with Crippen molar-refractivity contribution in [3.05, 3.63) is 23.8 Å². The van der Waals surface area contributed by atoms with Crippen LogP contribution in [0.4, 0.5) is 11.4 Å². The summed E-state index contributed by atoms with van der Waals surface area (Å²) in [7, 11) is 0. The van der Waals surface area contributed by atoms with E-state index < -0.39 is 0 Å². The van der Waals surface area contributed by atoms with Crippen LogP contribution in [0, 0.1) is 0 Å². The van der Waals surface area contributed by atoms with Gasteiger partial charge in [-0.3, -0.25) is 5.84 Å². The average Bonchev–Trinajstić information content (AvgIpc) is 2.04. The number of hydrogen-bond acceptors (Lipinski definition) is 3. The Morgan fingerprint density at radius 1 is 1.45 bits per heavy atom. The zero-order chi connectivity index (χ0) is 8.27. The van der Waals surface area contributed by atoms with Crippen LogP contribution in [0.15, 0.2) is 18.2 Å². The van der Waals surface area contributed by atoms with E-state index in [1.807, 2.05) is 18.2 Å². The Bertz CT molecular complexity index is 245. The Morgan fingerprint density at radius 2 is 2.18 bits per heavy atom. The summed E-state index contributed by atoms with van der Waals surface area (Å²) in [5.41, 5.74) is 10.9. The van der Waals surface area contributed by atoms with Crippen LogP contribution >= 0.6 is 0 Å². The third kappa shape index (κ3) is 1.43. The molecule has 0 bridgehead atoms. The van der Waals surface area contributed by atoms with Gasteiger partial charge in [-0.05, 0) is 18.1 Å². The number of aryl methyl sites for hydroxylation is 1. The third-order valence-electron chi connectivity index (χ3n) is 1.71. The second-order valence-corrected chi connectivity index (χ2v) is 2.38. The Hall–Kier alpha value is -1.22. The van der Waals surface area contributed by atoms with Crippen LogP contribution in [0.25, 0.3) is 0 Å². The first-order valence-electron chi connectivity index (χ1n) is 3.63. The van der Waals surface area contributed by atoms with Gasteiger partial charge in [-0.2, -0.15) is 0 Å². The van der Waals surface area contributed by atoms with Crippen molar-refractivity contribution < 1.29 is 0 Å². The zero-order valence-corrected chi connectivity index (χ0v) is 6.59. The monoisotopic (exact) mass is 151 g/mol. The van der Waals surface area contributed by atoms with Gasteiger partial charge >= 0.3 is 0 Å². The number of hydrazine groups is 1. The van der Waals surface area contributed by atoms with Crippen LogP contribution in [-0.4, -0.2) is 0 Å². The summed E-state index contributed by atoms with van der Waals surface area (Å²) in [5, 5.41) is 0. The summed E-state index contributed by atoms with van der Waals surface area (Å²) in [5.74, 6) is 5.30. The maximum atomic E-state index is 5.66. The van der Waals surface area contributed by atoms with Crippen LogP contribution in [0.5, 0.6) is 0 Å². The lowest BCUT2D eigenvalue weighted by Crippen LogP contribution is -2.11. The summed E-state index contributed by atoms with van der Waals surface area (Å²) in [6, 6.07) is 5.76. The van der Waals surface area contributed by atoms with Gasteiger partial charge in [0.2, 0.25) is 0 Å². The Labute approximate surface area is 66.4 Å². The van der Waals surface area contributed by atoms with E-state index in [9.17, 15) is 0 Å². The highest BCUT2D eigenvalue weighted by Crippen LogP contribution is 2.22. The van der Waals surface area contributed by atoms with Gasteiger partial charge in [-0.1, -0.05) is 19.1 Å². The van der Waals surface area contributed by atoms with Crippen molar-refractivity contribution in [1.82, 2.24) is 0 Å². The molecule has 0 aliphatic heterocycles. The van der Waals surface area contributed by atoms with E-state index in [1.54, 1.807) is 0 Å². The lowest BCUT2D eigenvalue weighted by Gasteiger charge is -2.08. The number of benzene rings is 1. The van der Waals surface area contributed by atoms with Crippen molar-refractivity contribution in [3.8, 4) is 0 Å². The van der Waals surface area contributed by atoms with Gasteiger partial charge in [0.05, 0.1) is 11.4 Å². The van der Waals surface area contributed by atoms with Crippen LogP contribution in [0.1, 0.15) is 12.5 Å². The van der Waals surface area contributed by atoms with E-state index in [-0.39, 0.29) is 0 Å². The minimum Gasteiger partial charge on any atom is -0.397 e. The normalized spacial score (nSPS) is 9.64. The molecule has 3 heteroatoms. The first kappa shape index (κ1) is 7.88. The number of rotatable bonds is 2. The highest BCUT2D eigenvalue weighted by molar-refractivity contribution is 5.69. The van der Waals surface area contributed by atoms with E-state index in [2.05, 4.69) is 12.3 Å². The van der Waals surface area contributed by atoms with Crippen molar-refractivity contribution in [2.24, 2.45) is 5.84 Å². The molecule has 0 heterocycles. The van der Waals surface area contributed by atoms with Gasteiger partial charge in [0.1, 0.15) is 0 Å². The molecular weight excluding hydrogens is 138 g/mol. The highest BCUT2D eigenvalue weighted by atomic mass is 15.2. The summed E-state index contributed by atoms with van der Waals surface area (Å²) in [4.78, 5) is 0. The van der Waals surface area contributed by atoms with Crippen molar-refractivity contribution in [3.63, 3.8) is 0 Å². The van der Waals surface area contributed by atoms with E-state index in [4.69, 9.17) is 11.6 Å². The quantitative estimate of drug-likeness (QED) is 0.337. The summed E-state index contributed by atoms with van der Waals surface area (Å²) < 4.78 is 0. The molecule has 0 unspecified atom stereocenters. The minimum atomic E-state index is 0.701. The molecule has 0 atom stereocenters. The summed E-state index contributed by atoms with van der Waals surface area (Å²) in [6.07, 6.45) is 0.935. The van der Waals surface area contributed by atoms with Gasteiger partial charge in [-0.15, -0.1) is 0 Å². The molecule has 0 spiro atoms. The van der Waals surface area contributed by atoms with E-state index in [0.29, 0.717) is 5.69 Å². The van der Waals surface area contributed by atoms with Crippen molar-refractivity contribution in [2.75, 3.05) is 11.2 Å². The molecule has 3 nitrogen and oxygen atoms in total. The topological polar surface area (TPSA) is 64.1 Å². The molecule has 0 radical (unpaired) electrons. The van der Waals surface area contributed by atoms with Gasteiger partial charge in [0, 0.05) is 0 Å². The van der Waals surface area contributed by atoms with Crippen LogP contribution in [0.2, 0.25) is 0 Å². The van der Waals surface area contributed by atoms with Gasteiger partial charge in [0.15, 0.2) is 0 Å². The fourth-order valence-corrected chi connectivity index (χ4v) is 1.09. The average molecular weight is 151 g/mol. The molecule has 0 saturated heterocycles. The maximum absolute atomic E-state index is 5.66. The molecule has 0 fully saturated rings. The van der Waals surface area contributed by atoms with Crippen molar-refractivity contribution in [1.29, 1.82) is 0 Å². The molecule has 0 aliphatic rings.